The van der Waals surface area contributed by atoms with E-state index < -0.39 is 11.9 Å². The average Bonchev–Trinajstić information content (AvgIpc) is 3.46. The van der Waals surface area contributed by atoms with Crippen molar-refractivity contribution in [1.29, 1.82) is 0 Å². The number of halogens is 2. The van der Waals surface area contributed by atoms with E-state index in [1.165, 1.54) is 10.6 Å². The first-order chi connectivity index (χ1) is 16.5. The Morgan fingerprint density at radius 2 is 1.94 bits per heavy atom. The van der Waals surface area contributed by atoms with Crippen LogP contribution in [0.3, 0.4) is 0 Å². The van der Waals surface area contributed by atoms with E-state index in [1.807, 2.05) is 6.92 Å². The molecule has 5 heterocycles. The van der Waals surface area contributed by atoms with E-state index in [-0.39, 0.29) is 23.6 Å². The molecule has 0 unspecified atom stereocenters. The number of methoxy groups -OCH3 is 1. The summed E-state index contributed by atoms with van der Waals surface area (Å²) in [5, 5.41) is 12.8. The number of pyridine rings is 3. The Balaban J connectivity index is 0.00000289. The number of aryl methyl sites for hydroxylation is 1. The molecule has 5 aromatic heterocycles. The Bertz CT molecular complexity index is 1560. The van der Waals surface area contributed by atoms with Gasteiger partial charge < -0.3 is 14.0 Å². The number of hydrogen-bond donors (Lipinski definition) is 0. The smallest absolute Gasteiger partial charge is 0.260 e. The van der Waals surface area contributed by atoms with Gasteiger partial charge in [-0.3, -0.25) is 18.9 Å². The normalized spacial score (nSPS) is 12.1. The average molecular weight is 500 g/mol. The van der Waals surface area contributed by atoms with E-state index in [4.69, 9.17) is 9.47 Å². The maximum Gasteiger partial charge on any atom is 0.260 e. The molecular weight excluding hydrogens is 477 g/mol. The molecule has 0 radical (unpaired) electrons. The number of ether oxygens (including phenoxy) is 2. The minimum atomic E-state index is -0.534. The molecule has 0 aliphatic heterocycles. The first-order valence-corrected chi connectivity index (χ1v) is 10.6. The van der Waals surface area contributed by atoms with E-state index in [1.54, 1.807) is 66.4 Å². The third kappa shape index (κ3) is 4.47. The fourth-order valence-electron chi connectivity index (χ4n) is 3.85. The molecule has 12 heteroatoms. The lowest BCUT2D eigenvalue weighted by molar-refractivity contribution is 0.146. The molecule has 0 aliphatic carbocycles. The van der Waals surface area contributed by atoms with Gasteiger partial charge >= 0.3 is 0 Å². The van der Waals surface area contributed by atoms with Gasteiger partial charge in [-0.05, 0) is 25.1 Å². The maximum atomic E-state index is 14.8. The van der Waals surface area contributed by atoms with Gasteiger partial charge in [0.25, 0.3) is 5.56 Å². The quantitative estimate of drug-likeness (QED) is 0.317. The largest absolute Gasteiger partial charge is 0.490 e. The summed E-state index contributed by atoms with van der Waals surface area (Å²) >= 11 is 0. The zero-order valence-electron chi connectivity index (χ0n) is 19.3. The lowest BCUT2D eigenvalue weighted by Crippen LogP contribution is -2.25. The van der Waals surface area contributed by atoms with Gasteiger partial charge in [0.15, 0.2) is 17.3 Å². The van der Waals surface area contributed by atoms with Crippen molar-refractivity contribution >= 4 is 29.0 Å². The first-order valence-electron chi connectivity index (χ1n) is 10.6. The van der Waals surface area contributed by atoms with Crippen LogP contribution >= 0.6 is 12.4 Å². The number of fused-ring (bicyclic) bond motifs is 2. The fraction of sp³-hybridized carbons (Fsp3) is 0.261. The lowest BCUT2D eigenvalue weighted by atomic mass is 10.1. The van der Waals surface area contributed by atoms with Crippen LogP contribution in [-0.2, 0) is 11.8 Å². The molecule has 0 N–H and O–H groups in total. The number of rotatable bonds is 7. The van der Waals surface area contributed by atoms with E-state index in [0.717, 1.165) is 5.56 Å². The molecule has 0 fully saturated rings. The van der Waals surface area contributed by atoms with Crippen molar-refractivity contribution in [3.05, 3.63) is 71.2 Å². The van der Waals surface area contributed by atoms with Crippen molar-refractivity contribution in [2.45, 2.75) is 13.0 Å². The fourth-order valence-corrected chi connectivity index (χ4v) is 3.85. The zero-order valence-corrected chi connectivity index (χ0v) is 20.1. The topological polar surface area (TPSA) is 101 Å². The summed E-state index contributed by atoms with van der Waals surface area (Å²) in [4.78, 5) is 17.7. The van der Waals surface area contributed by atoms with E-state index in [0.29, 0.717) is 41.3 Å². The van der Waals surface area contributed by atoms with Gasteiger partial charge in [0, 0.05) is 43.9 Å². The van der Waals surface area contributed by atoms with Gasteiger partial charge in [-0.25, -0.2) is 4.39 Å². The van der Waals surface area contributed by atoms with Gasteiger partial charge in [-0.1, -0.05) is 0 Å². The van der Waals surface area contributed by atoms with Gasteiger partial charge in [0.1, 0.15) is 12.4 Å². The zero-order chi connectivity index (χ0) is 23.8. The lowest BCUT2D eigenvalue weighted by Gasteiger charge is -2.15. The summed E-state index contributed by atoms with van der Waals surface area (Å²) in [6.07, 6.45) is 8.41. The van der Waals surface area contributed by atoms with Crippen LogP contribution in [0.25, 0.3) is 27.7 Å². The van der Waals surface area contributed by atoms with Crippen molar-refractivity contribution in [1.82, 2.24) is 33.9 Å². The van der Waals surface area contributed by atoms with Crippen LogP contribution in [0, 0.1) is 5.82 Å². The second kappa shape index (κ2) is 9.80. The summed E-state index contributed by atoms with van der Waals surface area (Å²) in [5.74, 6) is 0.380. The van der Waals surface area contributed by atoms with E-state index >= 15 is 0 Å². The van der Waals surface area contributed by atoms with Crippen LogP contribution in [0.2, 0.25) is 0 Å². The molecule has 1 atom stereocenters. The summed E-state index contributed by atoms with van der Waals surface area (Å²) in [5.41, 5.74) is 1.74. The molecule has 0 aromatic carbocycles. The summed E-state index contributed by atoms with van der Waals surface area (Å²) in [7, 11) is 3.38. The Morgan fingerprint density at radius 3 is 2.69 bits per heavy atom. The Morgan fingerprint density at radius 1 is 1.11 bits per heavy atom. The van der Waals surface area contributed by atoms with Gasteiger partial charge in [0.05, 0.1) is 35.9 Å². The molecule has 0 aliphatic rings. The third-order valence-electron chi connectivity index (χ3n) is 5.62. The molecule has 0 saturated heterocycles. The third-order valence-corrected chi connectivity index (χ3v) is 5.62. The summed E-state index contributed by atoms with van der Waals surface area (Å²) in [6, 6.07) is 4.27. The highest BCUT2D eigenvalue weighted by Gasteiger charge is 2.20. The molecule has 0 bridgehead atoms. The van der Waals surface area contributed by atoms with E-state index in [9.17, 15) is 9.18 Å². The van der Waals surface area contributed by atoms with Crippen molar-refractivity contribution in [2.24, 2.45) is 7.05 Å². The summed E-state index contributed by atoms with van der Waals surface area (Å²) < 4.78 is 30.2. The number of aromatic nitrogens is 7. The predicted molar refractivity (Wildman–Crippen MR) is 130 cm³/mol. The molecule has 0 spiro atoms. The second-order valence-electron chi connectivity index (χ2n) is 7.88. The number of hydrogen-bond acceptors (Lipinski definition) is 7. The van der Waals surface area contributed by atoms with Crippen LogP contribution in [0.5, 0.6) is 5.75 Å². The molecule has 182 valence electrons. The van der Waals surface area contributed by atoms with Crippen LogP contribution in [-0.4, -0.2) is 54.3 Å². The Kier molecular flexibility index (Phi) is 6.81. The standard InChI is InChI=1S/C23H22FN7O3.ClH/c1-14(30-5-4-20-18(23(30)32)9-17(11-25-20)34-7-6-33-3)21-27-28-22-19(24)8-15(13-31(21)22)16-10-26-29(2)12-16;/h4-5,8-14H,6-7H2,1-3H3;1H/t14-;/m1./s1. The SMILES string of the molecule is COCCOc1cnc2ccn([C@H](C)c3nnc4c(F)cc(-c5cnn(C)c5)cn34)c(=O)c2c1.Cl. The highest BCUT2D eigenvalue weighted by Crippen LogP contribution is 2.25. The minimum absolute atomic E-state index is 0. The summed E-state index contributed by atoms with van der Waals surface area (Å²) in [6.45, 7) is 2.58. The molecule has 5 aromatic rings. The highest BCUT2D eigenvalue weighted by atomic mass is 35.5. The molecule has 0 amide bonds. The Hall–Kier alpha value is -3.83. The Labute approximate surface area is 205 Å². The van der Waals surface area contributed by atoms with Crippen LogP contribution < -0.4 is 10.3 Å². The molecular formula is C23H23ClFN7O3. The van der Waals surface area contributed by atoms with Crippen molar-refractivity contribution in [3.63, 3.8) is 0 Å². The molecule has 35 heavy (non-hydrogen) atoms. The van der Waals surface area contributed by atoms with Gasteiger partial charge in [0.2, 0.25) is 0 Å². The van der Waals surface area contributed by atoms with Crippen molar-refractivity contribution < 1.29 is 13.9 Å². The molecule has 5 rings (SSSR count). The number of nitrogens with zero attached hydrogens (tertiary/aromatic N) is 7. The maximum absolute atomic E-state index is 14.8. The first kappa shape index (κ1) is 24.3. The second-order valence-corrected chi connectivity index (χ2v) is 7.88. The van der Waals surface area contributed by atoms with Crippen LogP contribution in [0.15, 0.2) is 54.0 Å². The highest BCUT2D eigenvalue weighted by molar-refractivity contribution is 5.85. The van der Waals surface area contributed by atoms with Crippen LogP contribution in [0.1, 0.15) is 18.8 Å². The monoisotopic (exact) mass is 499 g/mol. The molecule has 0 saturated carbocycles. The minimum Gasteiger partial charge on any atom is -0.490 e. The van der Waals surface area contributed by atoms with Crippen molar-refractivity contribution in [2.75, 3.05) is 20.3 Å². The predicted octanol–water partition coefficient (Wildman–Crippen LogP) is 3.04. The van der Waals surface area contributed by atoms with Crippen molar-refractivity contribution in [3.8, 4) is 16.9 Å². The van der Waals surface area contributed by atoms with E-state index in [2.05, 4.69) is 20.3 Å². The van der Waals surface area contributed by atoms with Gasteiger partial charge in [-0.2, -0.15) is 5.10 Å². The van der Waals surface area contributed by atoms with Crippen LogP contribution in [0.4, 0.5) is 4.39 Å². The molecule has 10 nitrogen and oxygen atoms in total. The van der Waals surface area contributed by atoms with Gasteiger partial charge in [-0.15, -0.1) is 22.6 Å².